The summed E-state index contributed by atoms with van der Waals surface area (Å²) in [5.41, 5.74) is 2.16. The molecule has 0 aliphatic rings. The molecule has 0 N–H and O–H groups in total. The molecule has 3 aromatic rings. The largest absolute Gasteiger partial charge is 0.487 e. The number of benzene rings is 3. The molecule has 122 valence electrons. The standard InChI is InChI=1S/C20H16Cl2O2/c1-14-3-2-4-17(11-14)24-18-9-10-20(19(22)12-18)23-13-15-5-7-16(21)8-6-15/h2-12H,13H2,1H3. The van der Waals surface area contributed by atoms with E-state index in [9.17, 15) is 0 Å². The zero-order chi connectivity index (χ0) is 16.9. The van der Waals surface area contributed by atoms with E-state index in [1.807, 2.05) is 67.6 Å². The molecule has 3 rings (SSSR count). The SMILES string of the molecule is Cc1cccc(Oc2ccc(OCc3ccc(Cl)cc3)c(Cl)c2)c1. The summed E-state index contributed by atoms with van der Waals surface area (Å²) in [6, 6.07) is 20.8. The van der Waals surface area contributed by atoms with Gasteiger partial charge in [0.1, 0.15) is 23.9 Å². The summed E-state index contributed by atoms with van der Waals surface area (Å²) in [5.74, 6) is 2.06. The van der Waals surface area contributed by atoms with Gasteiger partial charge in [0, 0.05) is 11.1 Å². The van der Waals surface area contributed by atoms with Gasteiger partial charge in [0.15, 0.2) is 0 Å². The smallest absolute Gasteiger partial charge is 0.138 e. The molecule has 0 saturated heterocycles. The Balaban J connectivity index is 1.67. The maximum Gasteiger partial charge on any atom is 0.138 e. The van der Waals surface area contributed by atoms with Crippen LogP contribution in [0, 0.1) is 6.92 Å². The maximum atomic E-state index is 6.29. The molecule has 24 heavy (non-hydrogen) atoms. The fourth-order valence-corrected chi connectivity index (χ4v) is 2.57. The van der Waals surface area contributed by atoms with Crippen LogP contribution in [0.3, 0.4) is 0 Å². The maximum absolute atomic E-state index is 6.29. The lowest BCUT2D eigenvalue weighted by Crippen LogP contribution is -1.96. The minimum Gasteiger partial charge on any atom is -0.487 e. The van der Waals surface area contributed by atoms with Crippen LogP contribution in [0.4, 0.5) is 0 Å². The van der Waals surface area contributed by atoms with Crippen LogP contribution in [-0.2, 0) is 6.61 Å². The Bertz CT molecular complexity index is 829. The van der Waals surface area contributed by atoms with Crippen molar-refractivity contribution in [2.75, 3.05) is 0 Å². The number of hydrogen-bond donors (Lipinski definition) is 0. The summed E-state index contributed by atoms with van der Waals surface area (Å²) in [4.78, 5) is 0. The Labute approximate surface area is 151 Å². The van der Waals surface area contributed by atoms with Crippen LogP contribution >= 0.6 is 23.2 Å². The van der Waals surface area contributed by atoms with Crippen LogP contribution in [0.2, 0.25) is 10.0 Å². The van der Waals surface area contributed by atoms with Gasteiger partial charge in [-0.25, -0.2) is 0 Å². The Morgan fingerprint density at radius 3 is 2.29 bits per heavy atom. The van der Waals surface area contributed by atoms with Crippen LogP contribution in [0.25, 0.3) is 0 Å². The van der Waals surface area contributed by atoms with Gasteiger partial charge in [-0.3, -0.25) is 0 Å². The fraction of sp³-hybridized carbons (Fsp3) is 0.100. The van der Waals surface area contributed by atoms with E-state index in [0.29, 0.717) is 28.2 Å². The number of hydrogen-bond acceptors (Lipinski definition) is 2. The Hall–Kier alpha value is -2.16. The molecule has 4 heteroatoms. The first-order chi connectivity index (χ1) is 11.6. The third-order valence-electron chi connectivity index (χ3n) is 3.44. The molecule has 0 atom stereocenters. The summed E-state index contributed by atoms with van der Waals surface area (Å²) in [5, 5.41) is 1.21. The van der Waals surface area contributed by atoms with E-state index >= 15 is 0 Å². The molecular weight excluding hydrogens is 343 g/mol. The van der Waals surface area contributed by atoms with Crippen molar-refractivity contribution in [2.45, 2.75) is 13.5 Å². The van der Waals surface area contributed by atoms with E-state index in [4.69, 9.17) is 32.7 Å². The topological polar surface area (TPSA) is 18.5 Å². The second-order valence-corrected chi connectivity index (χ2v) is 6.27. The molecule has 0 aliphatic carbocycles. The highest BCUT2D eigenvalue weighted by Crippen LogP contribution is 2.32. The second-order valence-electron chi connectivity index (χ2n) is 5.43. The van der Waals surface area contributed by atoms with Crippen molar-refractivity contribution in [2.24, 2.45) is 0 Å². The number of aryl methyl sites for hydroxylation is 1. The summed E-state index contributed by atoms with van der Waals surface area (Å²) < 4.78 is 11.6. The molecule has 3 aromatic carbocycles. The Kier molecular flexibility index (Phi) is 5.29. The van der Waals surface area contributed by atoms with Crippen LogP contribution in [0.1, 0.15) is 11.1 Å². The van der Waals surface area contributed by atoms with Crippen molar-refractivity contribution in [3.8, 4) is 17.2 Å². The van der Waals surface area contributed by atoms with Gasteiger partial charge in [-0.1, -0.05) is 47.5 Å². The van der Waals surface area contributed by atoms with Gasteiger partial charge in [-0.15, -0.1) is 0 Å². The normalized spacial score (nSPS) is 10.5. The van der Waals surface area contributed by atoms with E-state index in [0.717, 1.165) is 16.9 Å². The van der Waals surface area contributed by atoms with Gasteiger partial charge in [-0.05, 0) is 54.4 Å². The first kappa shape index (κ1) is 16.7. The van der Waals surface area contributed by atoms with Gasteiger partial charge in [-0.2, -0.15) is 0 Å². The summed E-state index contributed by atoms with van der Waals surface area (Å²) in [6.07, 6.45) is 0. The van der Waals surface area contributed by atoms with E-state index in [1.165, 1.54) is 0 Å². The zero-order valence-corrected chi connectivity index (χ0v) is 14.6. The van der Waals surface area contributed by atoms with Gasteiger partial charge in [0.05, 0.1) is 5.02 Å². The molecule has 0 spiro atoms. The van der Waals surface area contributed by atoms with Crippen LogP contribution in [0.15, 0.2) is 66.7 Å². The molecular formula is C20H16Cl2O2. The van der Waals surface area contributed by atoms with Crippen molar-refractivity contribution in [1.82, 2.24) is 0 Å². The summed E-state index contributed by atoms with van der Waals surface area (Å²) >= 11 is 12.2. The van der Waals surface area contributed by atoms with Crippen molar-refractivity contribution in [1.29, 1.82) is 0 Å². The monoisotopic (exact) mass is 358 g/mol. The fourth-order valence-electron chi connectivity index (χ4n) is 2.22. The van der Waals surface area contributed by atoms with Crippen LogP contribution < -0.4 is 9.47 Å². The van der Waals surface area contributed by atoms with E-state index in [-0.39, 0.29) is 0 Å². The van der Waals surface area contributed by atoms with E-state index in [1.54, 1.807) is 6.07 Å². The zero-order valence-electron chi connectivity index (χ0n) is 13.1. The number of rotatable bonds is 5. The lowest BCUT2D eigenvalue weighted by Gasteiger charge is -2.11. The molecule has 0 fully saturated rings. The molecule has 0 amide bonds. The van der Waals surface area contributed by atoms with Gasteiger partial charge in [0.25, 0.3) is 0 Å². The minimum absolute atomic E-state index is 0.426. The number of ether oxygens (including phenoxy) is 2. The van der Waals surface area contributed by atoms with Crippen LogP contribution in [-0.4, -0.2) is 0 Å². The third-order valence-corrected chi connectivity index (χ3v) is 3.98. The molecule has 2 nitrogen and oxygen atoms in total. The third kappa shape index (κ3) is 4.44. The molecule has 0 unspecified atom stereocenters. The van der Waals surface area contributed by atoms with Crippen LogP contribution in [0.5, 0.6) is 17.2 Å². The first-order valence-electron chi connectivity index (χ1n) is 7.51. The summed E-state index contributed by atoms with van der Waals surface area (Å²) in [6.45, 7) is 2.45. The van der Waals surface area contributed by atoms with Crippen molar-refractivity contribution in [3.63, 3.8) is 0 Å². The van der Waals surface area contributed by atoms with Gasteiger partial charge < -0.3 is 9.47 Å². The van der Waals surface area contributed by atoms with Gasteiger partial charge >= 0.3 is 0 Å². The molecule has 0 aliphatic heterocycles. The lowest BCUT2D eigenvalue weighted by atomic mass is 10.2. The van der Waals surface area contributed by atoms with Crippen molar-refractivity contribution < 1.29 is 9.47 Å². The quantitative estimate of drug-likeness (QED) is 0.506. The average molecular weight is 359 g/mol. The Morgan fingerprint density at radius 2 is 1.58 bits per heavy atom. The number of halogens is 2. The van der Waals surface area contributed by atoms with Crippen molar-refractivity contribution in [3.05, 3.63) is 87.9 Å². The highest BCUT2D eigenvalue weighted by molar-refractivity contribution is 6.32. The minimum atomic E-state index is 0.426. The molecule has 0 radical (unpaired) electrons. The van der Waals surface area contributed by atoms with Gasteiger partial charge in [0.2, 0.25) is 0 Å². The first-order valence-corrected chi connectivity index (χ1v) is 8.27. The van der Waals surface area contributed by atoms with E-state index in [2.05, 4.69) is 0 Å². The predicted molar refractivity (Wildman–Crippen MR) is 98.5 cm³/mol. The predicted octanol–water partition coefficient (Wildman–Crippen LogP) is 6.67. The van der Waals surface area contributed by atoms with E-state index < -0.39 is 0 Å². The Morgan fingerprint density at radius 1 is 0.833 bits per heavy atom. The molecule has 0 heterocycles. The molecule has 0 saturated carbocycles. The average Bonchev–Trinajstić information content (AvgIpc) is 2.56. The molecule has 0 bridgehead atoms. The lowest BCUT2D eigenvalue weighted by molar-refractivity contribution is 0.306. The summed E-state index contributed by atoms with van der Waals surface area (Å²) in [7, 11) is 0. The molecule has 0 aromatic heterocycles. The highest BCUT2D eigenvalue weighted by atomic mass is 35.5. The highest BCUT2D eigenvalue weighted by Gasteiger charge is 2.06. The van der Waals surface area contributed by atoms with Crippen molar-refractivity contribution >= 4 is 23.2 Å². The second kappa shape index (κ2) is 7.61.